The number of rotatable bonds is 7. The Bertz CT molecular complexity index is 1560. The van der Waals surface area contributed by atoms with E-state index in [1.807, 2.05) is 30.3 Å². The number of aromatic amines is 1. The number of amides is 1. The van der Waals surface area contributed by atoms with Crippen LogP contribution in [-0.4, -0.2) is 25.7 Å². The molecule has 2 aromatic carbocycles. The molecule has 0 spiro atoms. The summed E-state index contributed by atoms with van der Waals surface area (Å²) in [6.07, 6.45) is 3.26. The first-order valence-electron chi connectivity index (χ1n) is 10.8. The minimum absolute atomic E-state index is 0.0589. The van der Waals surface area contributed by atoms with Crippen molar-refractivity contribution in [3.63, 3.8) is 0 Å². The Kier molecular flexibility index (Phi) is 6.28. The zero-order chi connectivity index (χ0) is 24.2. The number of carbonyl (C=O) groups is 1. The Morgan fingerprint density at radius 2 is 1.91 bits per heavy atom. The van der Waals surface area contributed by atoms with Crippen molar-refractivity contribution < 1.29 is 9.53 Å². The number of carbonyl (C=O) groups excluding carboxylic acids is 1. The number of hydrogen-bond acceptors (Lipinski definition) is 5. The van der Waals surface area contributed by atoms with E-state index in [0.717, 1.165) is 16.5 Å². The van der Waals surface area contributed by atoms with Gasteiger partial charge in [0.1, 0.15) is 5.75 Å². The number of benzene rings is 2. The zero-order valence-corrected chi connectivity index (χ0v) is 19.2. The van der Waals surface area contributed by atoms with Gasteiger partial charge in [0.2, 0.25) is 5.88 Å². The predicted octanol–water partition coefficient (Wildman–Crippen LogP) is 4.54. The molecule has 5 aromatic rings. The van der Waals surface area contributed by atoms with Crippen molar-refractivity contribution in [3.05, 3.63) is 117 Å². The third kappa shape index (κ3) is 5.23. The molecule has 0 unspecified atom stereocenters. The lowest BCUT2D eigenvalue weighted by atomic mass is 10.2. The summed E-state index contributed by atoms with van der Waals surface area (Å²) in [5.74, 6) is 0.583. The van der Waals surface area contributed by atoms with Gasteiger partial charge in [-0.15, -0.1) is 0 Å². The maximum Gasteiger partial charge on any atom is 0.251 e. The third-order valence-corrected chi connectivity index (χ3v) is 5.65. The number of H-pyrrole nitrogens is 1. The Morgan fingerprint density at radius 1 is 1.06 bits per heavy atom. The fourth-order valence-electron chi connectivity index (χ4n) is 3.62. The van der Waals surface area contributed by atoms with Gasteiger partial charge >= 0.3 is 0 Å². The topological polar surface area (TPSA) is 102 Å². The number of hydrogen-bond donors (Lipinski definition) is 2. The summed E-state index contributed by atoms with van der Waals surface area (Å²) in [6, 6.07) is 21.0. The van der Waals surface area contributed by atoms with E-state index in [1.165, 1.54) is 12.3 Å². The zero-order valence-electron chi connectivity index (χ0n) is 18.4. The summed E-state index contributed by atoms with van der Waals surface area (Å²) in [4.78, 5) is 28.8. The number of fused-ring (bicyclic) bond motifs is 1. The lowest BCUT2D eigenvalue weighted by Gasteiger charge is -2.09. The van der Waals surface area contributed by atoms with Gasteiger partial charge < -0.3 is 14.6 Å². The van der Waals surface area contributed by atoms with E-state index in [4.69, 9.17) is 16.3 Å². The van der Waals surface area contributed by atoms with Crippen LogP contribution in [0.2, 0.25) is 5.02 Å². The van der Waals surface area contributed by atoms with Gasteiger partial charge in [-0.25, -0.2) is 4.98 Å². The minimum atomic E-state index is -0.279. The molecule has 3 aromatic heterocycles. The summed E-state index contributed by atoms with van der Waals surface area (Å²) in [5, 5.41) is 11.5. The van der Waals surface area contributed by atoms with E-state index in [0.29, 0.717) is 34.5 Å². The summed E-state index contributed by atoms with van der Waals surface area (Å²) >= 11 is 6.08. The van der Waals surface area contributed by atoms with Gasteiger partial charge in [0.25, 0.3) is 11.5 Å². The highest BCUT2D eigenvalue weighted by molar-refractivity contribution is 6.31. The first kappa shape index (κ1) is 22.4. The number of nitrogens with one attached hydrogen (secondary N) is 2. The predicted molar refractivity (Wildman–Crippen MR) is 133 cm³/mol. The van der Waals surface area contributed by atoms with Gasteiger partial charge in [-0.05, 0) is 48.0 Å². The van der Waals surface area contributed by atoms with E-state index in [2.05, 4.69) is 20.5 Å². The van der Waals surface area contributed by atoms with Crippen LogP contribution in [0, 0.1) is 0 Å². The number of halogens is 1. The smallest absolute Gasteiger partial charge is 0.251 e. The molecule has 0 aliphatic heterocycles. The van der Waals surface area contributed by atoms with Gasteiger partial charge in [0.05, 0.1) is 24.3 Å². The molecule has 0 atom stereocenters. The molecule has 0 saturated heterocycles. The molecule has 0 radical (unpaired) electrons. The van der Waals surface area contributed by atoms with Crippen LogP contribution in [0.4, 0.5) is 0 Å². The molecule has 0 bridgehead atoms. The van der Waals surface area contributed by atoms with Gasteiger partial charge in [0.15, 0.2) is 0 Å². The Labute approximate surface area is 205 Å². The molecule has 0 fully saturated rings. The number of aromatic nitrogens is 4. The molecular formula is C26H20ClN5O3. The highest BCUT2D eigenvalue weighted by Crippen LogP contribution is 2.22. The Morgan fingerprint density at radius 3 is 2.74 bits per heavy atom. The van der Waals surface area contributed by atoms with E-state index < -0.39 is 0 Å². The molecule has 0 aliphatic carbocycles. The Hall–Kier alpha value is -4.43. The molecule has 9 heteroatoms. The monoisotopic (exact) mass is 485 g/mol. The van der Waals surface area contributed by atoms with Crippen LogP contribution < -0.4 is 15.6 Å². The highest BCUT2D eigenvalue weighted by Gasteiger charge is 2.11. The van der Waals surface area contributed by atoms with E-state index in [-0.39, 0.29) is 18.0 Å². The van der Waals surface area contributed by atoms with Gasteiger partial charge in [-0.1, -0.05) is 29.8 Å². The van der Waals surface area contributed by atoms with Crippen LogP contribution in [0.25, 0.3) is 10.9 Å². The van der Waals surface area contributed by atoms with Crippen molar-refractivity contribution in [1.29, 1.82) is 0 Å². The molecule has 174 valence electrons. The van der Waals surface area contributed by atoms with Crippen molar-refractivity contribution in [2.24, 2.45) is 0 Å². The van der Waals surface area contributed by atoms with Crippen molar-refractivity contribution in [3.8, 4) is 11.6 Å². The number of nitrogens with zero attached hydrogens (tertiary/aromatic N) is 3. The fraction of sp³-hybridized carbons (Fsp3) is 0.0769. The second kappa shape index (κ2) is 9.82. The average molecular weight is 486 g/mol. The van der Waals surface area contributed by atoms with Crippen LogP contribution in [0.5, 0.6) is 11.6 Å². The van der Waals surface area contributed by atoms with Crippen LogP contribution in [0.15, 0.2) is 90.0 Å². The van der Waals surface area contributed by atoms with Crippen molar-refractivity contribution >= 4 is 28.4 Å². The first-order valence-corrected chi connectivity index (χ1v) is 11.2. The maximum absolute atomic E-state index is 12.7. The molecule has 2 N–H and O–H groups in total. The summed E-state index contributed by atoms with van der Waals surface area (Å²) in [6.45, 7) is 0.703. The van der Waals surface area contributed by atoms with Gasteiger partial charge in [0, 0.05) is 40.5 Å². The summed E-state index contributed by atoms with van der Waals surface area (Å²) < 4.78 is 7.45. The molecule has 0 saturated carbocycles. The summed E-state index contributed by atoms with van der Waals surface area (Å²) in [7, 11) is 0. The largest absolute Gasteiger partial charge is 0.439 e. The molecular weight excluding hydrogens is 466 g/mol. The Balaban J connectivity index is 1.23. The SMILES string of the molecule is O=C(NCc1n[nH]c2ccc(Cl)cc12)c1ccnc(Oc2ccc(Cn3ccccc3=O)cc2)c1. The summed E-state index contributed by atoms with van der Waals surface area (Å²) in [5.41, 5.74) is 2.85. The fourth-order valence-corrected chi connectivity index (χ4v) is 3.79. The van der Waals surface area contributed by atoms with E-state index in [1.54, 1.807) is 47.2 Å². The van der Waals surface area contributed by atoms with Crippen LogP contribution >= 0.6 is 11.6 Å². The lowest BCUT2D eigenvalue weighted by Crippen LogP contribution is -2.23. The lowest BCUT2D eigenvalue weighted by molar-refractivity contribution is 0.0950. The van der Waals surface area contributed by atoms with Crippen LogP contribution in [0.3, 0.4) is 0 Å². The normalized spacial score (nSPS) is 10.9. The molecule has 35 heavy (non-hydrogen) atoms. The van der Waals surface area contributed by atoms with Crippen molar-refractivity contribution in [2.45, 2.75) is 13.1 Å². The molecule has 8 nitrogen and oxygen atoms in total. The molecule has 0 aliphatic rings. The van der Waals surface area contributed by atoms with Crippen molar-refractivity contribution in [1.82, 2.24) is 25.1 Å². The average Bonchev–Trinajstić information content (AvgIpc) is 3.27. The standard InChI is InChI=1S/C26H20ClN5O3/c27-19-6-9-22-21(14-19)23(31-30-22)15-29-26(34)18-10-11-28-24(13-18)35-20-7-4-17(5-8-20)16-32-12-2-1-3-25(32)33/h1-14H,15-16H2,(H,29,34)(H,30,31). The quantitative estimate of drug-likeness (QED) is 0.352. The third-order valence-electron chi connectivity index (χ3n) is 5.41. The van der Waals surface area contributed by atoms with Crippen LogP contribution in [0.1, 0.15) is 21.6 Å². The van der Waals surface area contributed by atoms with Gasteiger partial charge in [-0.2, -0.15) is 5.10 Å². The number of ether oxygens (including phenoxy) is 1. The number of pyridine rings is 2. The first-order chi connectivity index (χ1) is 17.0. The van der Waals surface area contributed by atoms with Crippen molar-refractivity contribution in [2.75, 3.05) is 0 Å². The minimum Gasteiger partial charge on any atom is -0.439 e. The van der Waals surface area contributed by atoms with E-state index >= 15 is 0 Å². The van der Waals surface area contributed by atoms with Gasteiger partial charge in [-0.3, -0.25) is 14.7 Å². The van der Waals surface area contributed by atoms with Crippen LogP contribution in [-0.2, 0) is 13.1 Å². The highest BCUT2D eigenvalue weighted by atomic mass is 35.5. The second-order valence-corrected chi connectivity index (χ2v) is 8.27. The van der Waals surface area contributed by atoms with E-state index in [9.17, 15) is 9.59 Å². The maximum atomic E-state index is 12.7. The molecule has 1 amide bonds. The molecule has 3 heterocycles. The molecule has 5 rings (SSSR count). The second-order valence-electron chi connectivity index (χ2n) is 7.84.